The Morgan fingerprint density at radius 3 is 2.86 bits per heavy atom. The average molecular weight is 281 g/mol. The number of pyridine rings is 1. The van der Waals surface area contributed by atoms with Crippen LogP contribution in [0.1, 0.15) is 11.4 Å². The number of nitrogens with zero attached hydrogens (tertiary/aromatic N) is 4. The van der Waals surface area contributed by atoms with Crippen molar-refractivity contribution >= 4 is 5.69 Å². The highest BCUT2D eigenvalue weighted by molar-refractivity contribution is 5.60. The second-order valence-electron chi connectivity index (χ2n) is 4.63. The molecule has 6 nitrogen and oxygen atoms in total. The Balaban J connectivity index is 1.84. The topological polar surface area (TPSA) is 75.9 Å². The van der Waals surface area contributed by atoms with Gasteiger partial charge in [-0.3, -0.25) is 4.98 Å². The number of rotatable bonds is 4. The second-order valence-corrected chi connectivity index (χ2v) is 4.63. The highest BCUT2D eigenvalue weighted by Crippen LogP contribution is 2.21. The Hall–Kier alpha value is -2.89. The minimum Gasteiger partial charge on any atom is -0.506 e. The predicted octanol–water partition coefficient (Wildman–Crippen LogP) is 2.29. The molecule has 1 aromatic carbocycles. The van der Waals surface area contributed by atoms with Crippen LogP contribution in [-0.4, -0.2) is 24.9 Å². The van der Waals surface area contributed by atoms with Crippen LogP contribution in [0.3, 0.4) is 0 Å². The van der Waals surface area contributed by atoms with E-state index in [0.717, 1.165) is 17.1 Å². The number of anilines is 1. The van der Waals surface area contributed by atoms with Crippen molar-refractivity contribution in [2.45, 2.75) is 13.5 Å². The van der Waals surface area contributed by atoms with E-state index >= 15 is 0 Å². The van der Waals surface area contributed by atoms with Crippen LogP contribution in [0.15, 0.2) is 49.1 Å². The van der Waals surface area contributed by atoms with Gasteiger partial charge in [-0.05, 0) is 31.2 Å². The van der Waals surface area contributed by atoms with Gasteiger partial charge in [0.2, 0.25) is 0 Å². The lowest BCUT2D eigenvalue weighted by Crippen LogP contribution is -2.06. The normalized spacial score (nSPS) is 10.5. The summed E-state index contributed by atoms with van der Waals surface area (Å²) in [5.41, 5.74) is 3.27. The molecule has 3 aromatic rings. The summed E-state index contributed by atoms with van der Waals surface area (Å²) < 4.78 is 1.69. The van der Waals surface area contributed by atoms with Crippen LogP contribution in [0, 0.1) is 6.92 Å². The summed E-state index contributed by atoms with van der Waals surface area (Å²) in [6, 6.07) is 11.2. The number of hydrogen-bond acceptors (Lipinski definition) is 5. The Morgan fingerprint density at radius 1 is 1.19 bits per heavy atom. The zero-order chi connectivity index (χ0) is 14.7. The van der Waals surface area contributed by atoms with Gasteiger partial charge < -0.3 is 10.4 Å². The zero-order valence-electron chi connectivity index (χ0n) is 11.6. The lowest BCUT2D eigenvalue weighted by molar-refractivity contribution is 0.464. The molecule has 0 bridgehead atoms. The maximum absolute atomic E-state index is 9.84. The molecule has 106 valence electrons. The van der Waals surface area contributed by atoms with Crippen LogP contribution >= 0.6 is 0 Å². The minimum atomic E-state index is 0.186. The maximum atomic E-state index is 9.84. The molecule has 0 saturated heterocycles. The van der Waals surface area contributed by atoms with Gasteiger partial charge in [-0.2, -0.15) is 5.10 Å². The number of aromatic nitrogens is 4. The highest BCUT2D eigenvalue weighted by Gasteiger charge is 2.07. The predicted molar refractivity (Wildman–Crippen MR) is 79.3 cm³/mol. The van der Waals surface area contributed by atoms with Gasteiger partial charge in [-0.1, -0.05) is 12.1 Å². The molecule has 0 atom stereocenters. The van der Waals surface area contributed by atoms with E-state index in [1.165, 1.54) is 6.33 Å². The second kappa shape index (κ2) is 5.62. The first-order chi connectivity index (χ1) is 10.2. The molecule has 0 spiro atoms. The van der Waals surface area contributed by atoms with E-state index in [1.54, 1.807) is 23.1 Å². The van der Waals surface area contributed by atoms with Gasteiger partial charge in [0.05, 0.1) is 17.9 Å². The molecule has 0 aliphatic heterocycles. The number of benzene rings is 1. The average Bonchev–Trinajstić information content (AvgIpc) is 3.03. The largest absolute Gasteiger partial charge is 0.506 e. The third-order valence-corrected chi connectivity index (χ3v) is 3.11. The molecular formula is C15H15N5O. The summed E-state index contributed by atoms with van der Waals surface area (Å²) in [6.07, 6.45) is 3.13. The van der Waals surface area contributed by atoms with Gasteiger partial charge in [0, 0.05) is 5.69 Å². The van der Waals surface area contributed by atoms with Gasteiger partial charge >= 0.3 is 0 Å². The van der Waals surface area contributed by atoms with E-state index in [0.29, 0.717) is 12.2 Å². The third kappa shape index (κ3) is 2.84. The molecule has 3 rings (SSSR count). The van der Waals surface area contributed by atoms with Crippen LogP contribution in [0.5, 0.6) is 5.75 Å². The molecule has 2 N–H and O–H groups in total. The van der Waals surface area contributed by atoms with Crippen LogP contribution in [0.25, 0.3) is 5.69 Å². The van der Waals surface area contributed by atoms with Crippen LogP contribution in [0.4, 0.5) is 5.69 Å². The lowest BCUT2D eigenvalue weighted by Gasteiger charge is -2.12. The summed E-state index contributed by atoms with van der Waals surface area (Å²) in [7, 11) is 0. The number of para-hydroxylation sites is 2. The summed E-state index contributed by atoms with van der Waals surface area (Å²) in [5.74, 6) is 0.186. The Labute approximate surface area is 122 Å². The summed E-state index contributed by atoms with van der Waals surface area (Å²) in [4.78, 5) is 8.29. The van der Waals surface area contributed by atoms with Crippen molar-refractivity contribution in [3.05, 3.63) is 60.4 Å². The Bertz CT molecular complexity index is 740. The number of aromatic hydroxyl groups is 1. The molecule has 0 saturated carbocycles. The first kappa shape index (κ1) is 13.1. The molecule has 21 heavy (non-hydrogen) atoms. The van der Waals surface area contributed by atoms with Crippen molar-refractivity contribution in [1.29, 1.82) is 0 Å². The van der Waals surface area contributed by atoms with Crippen LogP contribution in [0.2, 0.25) is 0 Å². The molecule has 0 amide bonds. The Morgan fingerprint density at radius 2 is 2.05 bits per heavy atom. The van der Waals surface area contributed by atoms with E-state index < -0.39 is 0 Å². The van der Waals surface area contributed by atoms with Gasteiger partial charge in [-0.15, -0.1) is 0 Å². The van der Waals surface area contributed by atoms with E-state index in [2.05, 4.69) is 20.4 Å². The molecule has 6 heteroatoms. The van der Waals surface area contributed by atoms with Crippen molar-refractivity contribution in [2.75, 3.05) is 5.32 Å². The van der Waals surface area contributed by atoms with Gasteiger partial charge in [0.1, 0.15) is 24.1 Å². The number of nitrogens with one attached hydrogen (secondary N) is 1. The molecule has 0 aliphatic rings. The van der Waals surface area contributed by atoms with E-state index in [4.69, 9.17) is 0 Å². The fourth-order valence-electron chi connectivity index (χ4n) is 2.07. The van der Waals surface area contributed by atoms with Gasteiger partial charge in [-0.25, -0.2) is 9.67 Å². The molecule has 2 heterocycles. The van der Waals surface area contributed by atoms with Crippen molar-refractivity contribution < 1.29 is 5.11 Å². The third-order valence-electron chi connectivity index (χ3n) is 3.11. The molecule has 2 aromatic heterocycles. The quantitative estimate of drug-likeness (QED) is 0.767. The smallest absolute Gasteiger partial charge is 0.138 e. The monoisotopic (exact) mass is 281 g/mol. The summed E-state index contributed by atoms with van der Waals surface area (Å²) in [6.45, 7) is 2.32. The van der Waals surface area contributed by atoms with Crippen molar-refractivity contribution in [2.24, 2.45) is 0 Å². The summed E-state index contributed by atoms with van der Waals surface area (Å²) in [5, 5.41) is 17.2. The standard InChI is InChI=1S/C15H15N5O/c1-11-6-7-15(21)13(19-11)8-17-12-4-2-3-5-14(12)20-10-16-9-18-20/h2-7,9-10,17,21H,8H2,1H3. The van der Waals surface area contributed by atoms with E-state index in [1.807, 2.05) is 31.2 Å². The van der Waals surface area contributed by atoms with E-state index in [9.17, 15) is 5.11 Å². The fraction of sp³-hybridized carbons (Fsp3) is 0.133. The highest BCUT2D eigenvalue weighted by atomic mass is 16.3. The van der Waals surface area contributed by atoms with Crippen molar-refractivity contribution in [1.82, 2.24) is 19.7 Å². The van der Waals surface area contributed by atoms with Gasteiger partial charge in [0.15, 0.2) is 0 Å². The van der Waals surface area contributed by atoms with E-state index in [-0.39, 0.29) is 5.75 Å². The van der Waals surface area contributed by atoms with Crippen LogP contribution in [-0.2, 0) is 6.54 Å². The fourth-order valence-corrected chi connectivity index (χ4v) is 2.07. The molecule has 0 fully saturated rings. The summed E-state index contributed by atoms with van der Waals surface area (Å²) >= 11 is 0. The number of hydrogen-bond donors (Lipinski definition) is 2. The first-order valence-electron chi connectivity index (χ1n) is 6.57. The van der Waals surface area contributed by atoms with Crippen LogP contribution < -0.4 is 5.32 Å². The van der Waals surface area contributed by atoms with Crippen molar-refractivity contribution in [3.8, 4) is 11.4 Å². The maximum Gasteiger partial charge on any atom is 0.138 e. The molecule has 0 radical (unpaired) electrons. The Kier molecular flexibility index (Phi) is 3.51. The SMILES string of the molecule is Cc1ccc(O)c(CNc2ccccc2-n2cncn2)n1. The lowest BCUT2D eigenvalue weighted by atomic mass is 10.2. The molecule has 0 unspecified atom stereocenters. The molecule has 0 aliphatic carbocycles. The zero-order valence-corrected chi connectivity index (χ0v) is 11.6. The minimum absolute atomic E-state index is 0.186. The first-order valence-corrected chi connectivity index (χ1v) is 6.57. The number of aryl methyl sites for hydroxylation is 1. The van der Waals surface area contributed by atoms with Gasteiger partial charge in [0.25, 0.3) is 0 Å². The van der Waals surface area contributed by atoms with Crippen molar-refractivity contribution in [3.63, 3.8) is 0 Å². The molecular weight excluding hydrogens is 266 g/mol.